The number of thiol groups is 1. The number of esters is 1. The lowest BCUT2D eigenvalue weighted by atomic mass is 10.00. The normalized spacial score (nSPS) is 17.4. The maximum Gasteiger partial charge on any atom is 0.358 e. The van der Waals surface area contributed by atoms with Crippen molar-refractivity contribution in [3.05, 3.63) is 65.7 Å². The van der Waals surface area contributed by atoms with E-state index in [2.05, 4.69) is 27.8 Å². The Morgan fingerprint density at radius 1 is 1.20 bits per heavy atom. The Balaban J connectivity index is 2.43. The van der Waals surface area contributed by atoms with Crippen LogP contribution in [0.25, 0.3) is 0 Å². The molecule has 0 saturated carbocycles. The van der Waals surface area contributed by atoms with Gasteiger partial charge in [0.25, 0.3) is 11.6 Å². The van der Waals surface area contributed by atoms with Crippen molar-refractivity contribution in [1.82, 2.24) is 5.01 Å². The summed E-state index contributed by atoms with van der Waals surface area (Å²) in [7, 11) is 2.51. The number of amides is 2. The standard InChI is InChI=1S/C27H32N6O5S2/c1-17(34)33(27(31-29-2,14-15-40-4)26(37)38-3)32-21-13-9-8-12-19(21)22(18-10-6-5-7-11-18)30-23(25(32)36)24(35)20(28)16-39/h5-13,20,23,39H,14-16,28H2,1-4H3/t20?,23?,27-/m0/s1. The van der Waals surface area contributed by atoms with E-state index in [-0.39, 0.29) is 17.9 Å². The summed E-state index contributed by atoms with van der Waals surface area (Å²) in [5.74, 6) is -2.88. The van der Waals surface area contributed by atoms with Crippen molar-refractivity contribution >= 4 is 59.4 Å². The molecule has 1 aliphatic heterocycles. The third kappa shape index (κ3) is 5.96. The van der Waals surface area contributed by atoms with Crippen molar-refractivity contribution in [3.8, 4) is 0 Å². The number of benzodiazepines with no additional fused rings is 1. The molecule has 0 bridgehead atoms. The monoisotopic (exact) mass is 584 g/mol. The zero-order valence-corrected chi connectivity index (χ0v) is 24.4. The van der Waals surface area contributed by atoms with Crippen molar-refractivity contribution < 1.29 is 23.9 Å². The number of hydrogen-bond donors (Lipinski definition) is 2. The van der Waals surface area contributed by atoms with E-state index in [9.17, 15) is 19.2 Å². The zero-order chi connectivity index (χ0) is 29.4. The average Bonchev–Trinajstić information content (AvgIpc) is 3.09. The summed E-state index contributed by atoms with van der Waals surface area (Å²) >= 11 is 5.55. The van der Waals surface area contributed by atoms with E-state index < -0.39 is 41.3 Å². The molecule has 0 aromatic heterocycles. The molecule has 0 saturated heterocycles. The third-order valence-electron chi connectivity index (χ3n) is 6.25. The number of carbonyl (C=O) groups is 4. The Labute approximate surface area is 242 Å². The largest absolute Gasteiger partial charge is 0.466 e. The van der Waals surface area contributed by atoms with E-state index in [0.717, 1.165) is 17.1 Å². The number of anilines is 1. The molecule has 0 spiro atoms. The molecule has 3 rings (SSSR count). The molecule has 2 unspecified atom stereocenters. The molecule has 2 N–H and O–H groups in total. The molecule has 2 aromatic carbocycles. The van der Waals surface area contributed by atoms with E-state index in [1.165, 1.54) is 25.7 Å². The molecule has 11 nitrogen and oxygen atoms in total. The number of azo groups is 1. The van der Waals surface area contributed by atoms with Crippen LogP contribution in [0, 0.1) is 0 Å². The highest BCUT2D eigenvalue weighted by Crippen LogP contribution is 2.36. The minimum absolute atomic E-state index is 0.0357. The highest BCUT2D eigenvalue weighted by molar-refractivity contribution is 7.98. The lowest BCUT2D eigenvalue weighted by molar-refractivity contribution is -0.164. The number of hydrazine groups is 1. The van der Waals surface area contributed by atoms with E-state index >= 15 is 0 Å². The topological polar surface area (TPSA) is 147 Å². The number of nitrogens with two attached hydrogens (primary N) is 1. The molecule has 212 valence electrons. The second-order valence-electron chi connectivity index (χ2n) is 8.79. The number of hydrogen-bond acceptors (Lipinski definition) is 11. The van der Waals surface area contributed by atoms with Crippen molar-refractivity contribution in [2.24, 2.45) is 21.0 Å². The number of fused-ring (bicyclic) bond motifs is 1. The molecule has 13 heteroatoms. The van der Waals surface area contributed by atoms with E-state index in [4.69, 9.17) is 10.5 Å². The number of Topliss-reactive ketones (excluding diaryl/α,β-unsaturated/α-hetero) is 1. The van der Waals surface area contributed by atoms with Crippen molar-refractivity contribution in [3.63, 3.8) is 0 Å². The van der Waals surface area contributed by atoms with Crippen molar-refractivity contribution in [2.75, 3.05) is 36.9 Å². The van der Waals surface area contributed by atoms with Gasteiger partial charge in [0.1, 0.15) is 0 Å². The van der Waals surface area contributed by atoms with Gasteiger partial charge in [0, 0.05) is 37.3 Å². The quantitative estimate of drug-likeness (QED) is 0.179. The van der Waals surface area contributed by atoms with Gasteiger partial charge in [-0.15, -0.1) is 0 Å². The van der Waals surface area contributed by atoms with E-state index in [0.29, 0.717) is 22.6 Å². The number of methoxy groups -OCH3 is 1. The van der Waals surface area contributed by atoms with Gasteiger partial charge in [0.2, 0.25) is 5.91 Å². The van der Waals surface area contributed by atoms with Crippen LogP contribution in [0.2, 0.25) is 0 Å². The van der Waals surface area contributed by atoms with Gasteiger partial charge in [-0.1, -0.05) is 48.5 Å². The molecule has 3 atom stereocenters. The molecular weight excluding hydrogens is 552 g/mol. The first kappa shape index (κ1) is 31.0. The highest BCUT2D eigenvalue weighted by atomic mass is 32.2. The fourth-order valence-corrected chi connectivity index (χ4v) is 5.09. The van der Waals surface area contributed by atoms with Gasteiger partial charge in [-0.25, -0.2) is 14.8 Å². The fourth-order valence-electron chi connectivity index (χ4n) is 4.43. The fraction of sp³-hybridized carbons (Fsp3) is 0.370. The molecule has 0 radical (unpaired) electrons. The van der Waals surface area contributed by atoms with Gasteiger partial charge in [-0.3, -0.25) is 19.4 Å². The highest BCUT2D eigenvalue weighted by Gasteiger charge is 2.54. The number of aliphatic imine (C=N–C) groups is 1. The van der Waals surface area contributed by atoms with Gasteiger partial charge in [0.15, 0.2) is 11.8 Å². The van der Waals surface area contributed by atoms with Gasteiger partial charge in [-0.2, -0.15) is 34.6 Å². The molecule has 2 amide bonds. The minimum atomic E-state index is -2.06. The number of ketones is 1. The summed E-state index contributed by atoms with van der Waals surface area (Å²) in [6.45, 7) is 1.19. The average molecular weight is 585 g/mol. The molecule has 1 aliphatic rings. The summed E-state index contributed by atoms with van der Waals surface area (Å²) in [6.07, 6.45) is 1.79. The SMILES string of the molecule is CN=N[C@](CCSC)(C(=O)OC)N(C(C)=O)N1C(=O)C(C(=O)C(N)CS)N=C(c2ccccc2)c2ccccc21. The van der Waals surface area contributed by atoms with Crippen molar-refractivity contribution in [1.29, 1.82) is 0 Å². The summed E-state index contributed by atoms with van der Waals surface area (Å²) in [4.78, 5) is 59.5. The van der Waals surface area contributed by atoms with Crippen LogP contribution >= 0.6 is 24.4 Å². The first-order chi connectivity index (χ1) is 19.2. The predicted molar refractivity (Wildman–Crippen MR) is 158 cm³/mol. The molecule has 40 heavy (non-hydrogen) atoms. The number of rotatable bonds is 11. The maximum absolute atomic E-state index is 14.4. The van der Waals surface area contributed by atoms with Gasteiger partial charge in [0.05, 0.1) is 24.6 Å². The minimum Gasteiger partial charge on any atom is -0.466 e. The van der Waals surface area contributed by atoms with Crippen LogP contribution in [0.5, 0.6) is 0 Å². The molecule has 2 aromatic rings. The second kappa shape index (κ2) is 13.7. The first-order valence-electron chi connectivity index (χ1n) is 12.3. The van der Waals surface area contributed by atoms with Crippen LogP contribution in [-0.2, 0) is 23.9 Å². The second-order valence-corrected chi connectivity index (χ2v) is 10.1. The van der Waals surface area contributed by atoms with Crippen LogP contribution in [0.3, 0.4) is 0 Å². The van der Waals surface area contributed by atoms with Gasteiger partial charge >= 0.3 is 5.97 Å². The van der Waals surface area contributed by atoms with E-state index in [1.807, 2.05) is 12.3 Å². The van der Waals surface area contributed by atoms with Gasteiger partial charge in [-0.05, 0) is 18.1 Å². The number of para-hydroxylation sites is 1. The Bertz CT molecular complexity index is 1320. The van der Waals surface area contributed by atoms with Crippen LogP contribution in [0.1, 0.15) is 24.5 Å². The summed E-state index contributed by atoms with van der Waals surface area (Å²) < 4.78 is 5.10. The third-order valence-corrected chi connectivity index (χ3v) is 7.25. The lowest BCUT2D eigenvalue weighted by Crippen LogP contribution is -2.66. The number of benzene rings is 2. The number of ether oxygens (including phenoxy) is 1. The predicted octanol–water partition coefficient (Wildman–Crippen LogP) is 2.53. The number of nitrogens with zero attached hydrogens (tertiary/aromatic N) is 5. The molecule has 0 fully saturated rings. The van der Waals surface area contributed by atoms with Crippen LogP contribution in [-0.4, -0.2) is 84.0 Å². The smallest absolute Gasteiger partial charge is 0.358 e. The number of thioether (sulfide) groups is 1. The van der Waals surface area contributed by atoms with Crippen LogP contribution in [0.15, 0.2) is 69.8 Å². The molecular formula is C27H32N6O5S2. The van der Waals surface area contributed by atoms with E-state index in [1.54, 1.807) is 48.5 Å². The molecule has 0 aliphatic carbocycles. The number of carbonyl (C=O) groups excluding carboxylic acids is 4. The van der Waals surface area contributed by atoms with Crippen LogP contribution in [0.4, 0.5) is 5.69 Å². The molecule has 1 heterocycles. The van der Waals surface area contributed by atoms with Crippen LogP contribution < -0.4 is 10.7 Å². The Kier molecular flexibility index (Phi) is 10.6. The summed E-state index contributed by atoms with van der Waals surface area (Å²) in [5, 5.41) is 9.95. The Morgan fingerprint density at radius 3 is 2.42 bits per heavy atom. The van der Waals surface area contributed by atoms with Gasteiger partial charge < -0.3 is 10.5 Å². The summed E-state index contributed by atoms with van der Waals surface area (Å²) in [6, 6.07) is 13.0. The van der Waals surface area contributed by atoms with Crippen molar-refractivity contribution in [2.45, 2.75) is 31.1 Å². The maximum atomic E-state index is 14.4. The summed E-state index contributed by atoms with van der Waals surface area (Å²) in [5.41, 5.74) is 5.61. The Morgan fingerprint density at radius 2 is 1.85 bits per heavy atom. The zero-order valence-electron chi connectivity index (χ0n) is 22.7. The first-order valence-corrected chi connectivity index (χ1v) is 14.4. The Hall–Kier alpha value is -3.55. The lowest BCUT2D eigenvalue weighted by Gasteiger charge is -2.43.